The van der Waals surface area contributed by atoms with Gasteiger partial charge in [-0.05, 0) is 13.8 Å². The quantitative estimate of drug-likeness (QED) is 0.496. The van der Waals surface area contributed by atoms with E-state index in [4.69, 9.17) is 5.73 Å². The second kappa shape index (κ2) is 8.42. The maximum absolute atomic E-state index is 11.6. The maximum Gasteiger partial charge on any atom is 0.321 e. The standard InChI is InChI=1S/C12H20N6O2S/c1-4-5-14-11(20)15-10(19)7-21-12-17-16-9(6-13)18(12)8(2)3/h4,8H,1,5-7,13H2,2-3H3,(H2,14,15,19,20). The second-order valence-corrected chi connectivity index (χ2v) is 5.34. The highest BCUT2D eigenvalue weighted by Crippen LogP contribution is 2.21. The van der Waals surface area contributed by atoms with Crippen molar-refractivity contribution >= 4 is 23.7 Å². The Morgan fingerprint density at radius 2 is 2.19 bits per heavy atom. The third kappa shape index (κ3) is 5.20. The fourth-order valence-corrected chi connectivity index (χ4v) is 2.45. The highest BCUT2D eigenvalue weighted by atomic mass is 32.2. The number of imide groups is 1. The first kappa shape index (κ1) is 17.2. The van der Waals surface area contributed by atoms with Crippen molar-refractivity contribution in [3.63, 3.8) is 0 Å². The van der Waals surface area contributed by atoms with Gasteiger partial charge in [-0.2, -0.15) is 0 Å². The lowest BCUT2D eigenvalue weighted by Gasteiger charge is -2.12. The minimum Gasteiger partial charge on any atom is -0.334 e. The number of hydrogen-bond donors (Lipinski definition) is 3. The average molecular weight is 312 g/mol. The number of thioether (sulfide) groups is 1. The Morgan fingerprint density at radius 1 is 1.48 bits per heavy atom. The van der Waals surface area contributed by atoms with E-state index in [1.807, 2.05) is 18.4 Å². The summed E-state index contributed by atoms with van der Waals surface area (Å²) in [6.07, 6.45) is 1.53. The number of urea groups is 1. The minimum atomic E-state index is -0.548. The number of nitrogens with two attached hydrogens (primary N) is 1. The number of aromatic nitrogens is 3. The molecule has 0 spiro atoms. The summed E-state index contributed by atoms with van der Waals surface area (Å²) in [5.74, 6) is 0.322. The van der Waals surface area contributed by atoms with Gasteiger partial charge in [0, 0.05) is 12.6 Å². The number of rotatable bonds is 7. The van der Waals surface area contributed by atoms with Gasteiger partial charge in [0.2, 0.25) is 5.91 Å². The van der Waals surface area contributed by atoms with E-state index in [1.165, 1.54) is 17.8 Å². The molecule has 0 fully saturated rings. The van der Waals surface area contributed by atoms with E-state index in [2.05, 4.69) is 27.4 Å². The molecule has 0 atom stereocenters. The van der Waals surface area contributed by atoms with E-state index < -0.39 is 11.9 Å². The first-order valence-electron chi connectivity index (χ1n) is 6.44. The molecular formula is C12H20N6O2S. The van der Waals surface area contributed by atoms with Crippen LogP contribution in [0.25, 0.3) is 0 Å². The molecule has 0 aromatic carbocycles. The molecule has 0 saturated carbocycles. The monoisotopic (exact) mass is 312 g/mol. The third-order valence-electron chi connectivity index (χ3n) is 2.43. The molecule has 0 bridgehead atoms. The van der Waals surface area contributed by atoms with Gasteiger partial charge < -0.3 is 15.6 Å². The summed E-state index contributed by atoms with van der Waals surface area (Å²) in [4.78, 5) is 22.9. The summed E-state index contributed by atoms with van der Waals surface area (Å²) >= 11 is 1.21. The predicted octanol–water partition coefficient (Wildman–Crippen LogP) is 0.422. The maximum atomic E-state index is 11.6. The summed E-state index contributed by atoms with van der Waals surface area (Å²) in [7, 11) is 0. The fourth-order valence-electron chi connectivity index (χ4n) is 1.57. The molecule has 0 unspecified atom stereocenters. The van der Waals surface area contributed by atoms with Crippen molar-refractivity contribution in [1.82, 2.24) is 25.4 Å². The van der Waals surface area contributed by atoms with E-state index in [1.54, 1.807) is 0 Å². The Hall–Kier alpha value is -1.87. The summed E-state index contributed by atoms with van der Waals surface area (Å²) in [5, 5.41) is 13.3. The van der Waals surface area contributed by atoms with Crippen molar-refractivity contribution in [3.8, 4) is 0 Å². The van der Waals surface area contributed by atoms with Crippen LogP contribution in [0.3, 0.4) is 0 Å². The zero-order valence-corrected chi connectivity index (χ0v) is 12.9. The molecule has 1 rings (SSSR count). The number of nitrogens with one attached hydrogen (secondary N) is 2. The molecule has 21 heavy (non-hydrogen) atoms. The molecular weight excluding hydrogens is 292 g/mol. The molecule has 0 aliphatic rings. The Kier molecular flexibility index (Phi) is 6.89. The van der Waals surface area contributed by atoms with Crippen LogP contribution in [-0.4, -0.2) is 39.0 Å². The van der Waals surface area contributed by atoms with Crippen LogP contribution in [0.5, 0.6) is 0 Å². The van der Waals surface area contributed by atoms with Gasteiger partial charge in [-0.3, -0.25) is 10.1 Å². The molecule has 1 aromatic heterocycles. The first-order valence-corrected chi connectivity index (χ1v) is 7.43. The lowest BCUT2D eigenvalue weighted by Crippen LogP contribution is -2.40. The SMILES string of the molecule is C=CCNC(=O)NC(=O)CSc1nnc(CN)n1C(C)C. The van der Waals surface area contributed by atoms with Gasteiger partial charge in [-0.1, -0.05) is 17.8 Å². The number of carbonyl (C=O) groups is 2. The zero-order valence-electron chi connectivity index (χ0n) is 12.1. The zero-order chi connectivity index (χ0) is 15.8. The van der Waals surface area contributed by atoms with Gasteiger partial charge in [0.25, 0.3) is 0 Å². The number of carbonyl (C=O) groups excluding carboxylic acids is 2. The van der Waals surface area contributed by atoms with E-state index in [0.29, 0.717) is 17.5 Å². The van der Waals surface area contributed by atoms with E-state index in [9.17, 15) is 9.59 Å². The summed E-state index contributed by atoms with van der Waals surface area (Å²) in [5.41, 5.74) is 5.60. The molecule has 1 heterocycles. The van der Waals surface area contributed by atoms with Gasteiger partial charge in [-0.25, -0.2) is 4.79 Å². The molecule has 0 radical (unpaired) electrons. The second-order valence-electron chi connectivity index (χ2n) is 4.40. The van der Waals surface area contributed by atoms with Crippen LogP contribution in [0.1, 0.15) is 25.7 Å². The first-order chi connectivity index (χ1) is 9.99. The van der Waals surface area contributed by atoms with Crippen molar-refractivity contribution in [2.75, 3.05) is 12.3 Å². The molecule has 1 aromatic rings. The van der Waals surface area contributed by atoms with Crippen molar-refractivity contribution in [2.45, 2.75) is 31.6 Å². The lowest BCUT2D eigenvalue weighted by molar-refractivity contribution is -0.117. The smallest absolute Gasteiger partial charge is 0.321 e. The third-order valence-corrected chi connectivity index (χ3v) is 3.37. The highest BCUT2D eigenvalue weighted by molar-refractivity contribution is 7.99. The van der Waals surface area contributed by atoms with Crippen molar-refractivity contribution in [2.24, 2.45) is 5.73 Å². The Balaban J connectivity index is 2.55. The van der Waals surface area contributed by atoms with Gasteiger partial charge >= 0.3 is 6.03 Å². The molecule has 8 nitrogen and oxygen atoms in total. The van der Waals surface area contributed by atoms with Gasteiger partial charge in [0.05, 0.1) is 12.3 Å². The van der Waals surface area contributed by atoms with Crippen LogP contribution in [0.4, 0.5) is 4.79 Å². The predicted molar refractivity (Wildman–Crippen MR) is 80.8 cm³/mol. The van der Waals surface area contributed by atoms with Crippen molar-refractivity contribution in [3.05, 3.63) is 18.5 Å². The normalized spacial score (nSPS) is 10.5. The van der Waals surface area contributed by atoms with E-state index in [-0.39, 0.29) is 18.3 Å². The number of hydrogen-bond acceptors (Lipinski definition) is 6. The number of amides is 3. The summed E-state index contributed by atoms with van der Waals surface area (Å²) in [6, 6.07) is -0.409. The molecule has 0 aliphatic heterocycles. The Bertz CT molecular complexity index is 514. The van der Waals surface area contributed by atoms with E-state index >= 15 is 0 Å². The van der Waals surface area contributed by atoms with Gasteiger partial charge in [0.1, 0.15) is 5.82 Å². The molecule has 0 saturated heterocycles. The van der Waals surface area contributed by atoms with Crippen LogP contribution >= 0.6 is 11.8 Å². The highest BCUT2D eigenvalue weighted by Gasteiger charge is 2.16. The summed E-state index contributed by atoms with van der Waals surface area (Å²) < 4.78 is 1.87. The lowest BCUT2D eigenvalue weighted by atomic mass is 10.4. The molecule has 0 aliphatic carbocycles. The fraction of sp³-hybridized carbons (Fsp3) is 0.500. The average Bonchev–Trinajstić information content (AvgIpc) is 2.86. The van der Waals surface area contributed by atoms with Crippen LogP contribution < -0.4 is 16.4 Å². The van der Waals surface area contributed by atoms with Crippen LogP contribution in [0.15, 0.2) is 17.8 Å². The molecule has 116 valence electrons. The van der Waals surface area contributed by atoms with Crippen molar-refractivity contribution < 1.29 is 9.59 Å². The Morgan fingerprint density at radius 3 is 2.76 bits per heavy atom. The Labute approximate surface area is 127 Å². The summed E-state index contributed by atoms with van der Waals surface area (Å²) in [6.45, 7) is 8.01. The topological polar surface area (TPSA) is 115 Å². The number of nitrogens with zero attached hydrogens (tertiary/aromatic N) is 3. The molecule has 4 N–H and O–H groups in total. The molecule has 9 heteroatoms. The minimum absolute atomic E-state index is 0.0664. The van der Waals surface area contributed by atoms with Crippen molar-refractivity contribution in [1.29, 1.82) is 0 Å². The van der Waals surface area contributed by atoms with Crippen LogP contribution in [-0.2, 0) is 11.3 Å². The van der Waals surface area contributed by atoms with E-state index in [0.717, 1.165) is 0 Å². The van der Waals surface area contributed by atoms with Gasteiger partial charge in [0.15, 0.2) is 5.16 Å². The largest absolute Gasteiger partial charge is 0.334 e. The van der Waals surface area contributed by atoms with Crippen LogP contribution in [0, 0.1) is 0 Å². The molecule has 3 amide bonds. The van der Waals surface area contributed by atoms with Crippen LogP contribution in [0.2, 0.25) is 0 Å². The van der Waals surface area contributed by atoms with Gasteiger partial charge in [-0.15, -0.1) is 16.8 Å².